The van der Waals surface area contributed by atoms with Gasteiger partial charge >= 0.3 is 0 Å². The number of ether oxygens (including phenoxy) is 1. The van der Waals surface area contributed by atoms with Crippen molar-refractivity contribution < 1.29 is 9.84 Å². The van der Waals surface area contributed by atoms with Crippen LogP contribution in [0.3, 0.4) is 0 Å². The zero-order valence-corrected chi connectivity index (χ0v) is 18.0. The van der Waals surface area contributed by atoms with Crippen molar-refractivity contribution in [3.8, 4) is 16.9 Å². The Bertz CT molecular complexity index is 1020. The number of thiophene rings is 1. The first-order chi connectivity index (χ1) is 14.0. The van der Waals surface area contributed by atoms with Gasteiger partial charge < -0.3 is 15.6 Å². The molecule has 0 aliphatic carbocycles. The van der Waals surface area contributed by atoms with Crippen LogP contribution in [0, 0.1) is 0 Å². The third-order valence-corrected chi connectivity index (χ3v) is 5.82. The fourth-order valence-electron chi connectivity index (χ4n) is 2.87. The van der Waals surface area contributed by atoms with E-state index in [9.17, 15) is 5.11 Å². The fourth-order valence-corrected chi connectivity index (χ4v) is 3.95. The highest BCUT2D eigenvalue weighted by molar-refractivity contribution is 7.11. The van der Waals surface area contributed by atoms with Gasteiger partial charge in [0, 0.05) is 32.8 Å². The van der Waals surface area contributed by atoms with Gasteiger partial charge in [0.05, 0.1) is 6.10 Å². The number of rotatable bonds is 7. The lowest BCUT2D eigenvalue weighted by molar-refractivity contribution is 0.231. The Morgan fingerprint density at radius 1 is 1.17 bits per heavy atom. The molecule has 1 unspecified atom stereocenters. The van der Waals surface area contributed by atoms with E-state index in [4.69, 9.17) is 22.1 Å². The van der Waals surface area contributed by atoms with E-state index in [1.807, 2.05) is 73.0 Å². The third-order valence-electron chi connectivity index (χ3n) is 4.62. The molecule has 29 heavy (non-hydrogen) atoms. The molecule has 0 fully saturated rings. The zero-order chi connectivity index (χ0) is 20.8. The molecule has 0 bridgehead atoms. The van der Waals surface area contributed by atoms with Crippen LogP contribution in [0.4, 0.5) is 0 Å². The first-order valence-electron chi connectivity index (χ1n) is 9.32. The summed E-state index contributed by atoms with van der Waals surface area (Å²) in [5, 5.41) is 12.5. The van der Waals surface area contributed by atoms with Crippen LogP contribution in [0.25, 0.3) is 16.7 Å². The van der Waals surface area contributed by atoms with Crippen molar-refractivity contribution in [2.45, 2.75) is 26.6 Å². The van der Waals surface area contributed by atoms with Crippen molar-refractivity contribution >= 4 is 28.5 Å². The highest BCUT2D eigenvalue weighted by Crippen LogP contribution is 2.40. The maximum atomic E-state index is 9.84. The average molecular weight is 426 g/mol. The highest BCUT2D eigenvalue weighted by Gasteiger charge is 2.16. The van der Waals surface area contributed by atoms with Crippen molar-refractivity contribution in [3.63, 3.8) is 0 Å². The maximum Gasteiger partial charge on any atom is 0.127 e. The van der Waals surface area contributed by atoms with Gasteiger partial charge in [-0.2, -0.15) is 0 Å². The fraction of sp³-hybridized carbons (Fsp3) is 0.167. The maximum absolute atomic E-state index is 9.84. The van der Waals surface area contributed by atoms with Crippen LogP contribution in [-0.4, -0.2) is 11.2 Å². The van der Waals surface area contributed by atoms with E-state index in [-0.39, 0.29) is 0 Å². The second-order valence-electron chi connectivity index (χ2n) is 6.76. The number of benzene rings is 2. The number of aliphatic hydroxyl groups is 1. The monoisotopic (exact) mass is 425 g/mol. The van der Waals surface area contributed by atoms with Crippen LogP contribution in [0.2, 0.25) is 5.02 Å². The molecule has 0 spiro atoms. The summed E-state index contributed by atoms with van der Waals surface area (Å²) in [4.78, 5) is 0.999. The molecular weight excluding hydrogens is 402 g/mol. The molecule has 0 aliphatic rings. The van der Waals surface area contributed by atoms with E-state index in [0.29, 0.717) is 11.6 Å². The molecule has 0 amide bonds. The first kappa shape index (κ1) is 21.2. The summed E-state index contributed by atoms with van der Waals surface area (Å²) >= 11 is 7.89. The van der Waals surface area contributed by atoms with Gasteiger partial charge in [-0.1, -0.05) is 48.0 Å². The van der Waals surface area contributed by atoms with E-state index in [1.54, 1.807) is 24.5 Å². The predicted molar refractivity (Wildman–Crippen MR) is 123 cm³/mol. The number of hydrogen-bond donors (Lipinski definition) is 2. The Morgan fingerprint density at radius 2 is 1.93 bits per heavy atom. The summed E-state index contributed by atoms with van der Waals surface area (Å²) in [6, 6.07) is 17.7. The molecule has 3 N–H and O–H groups in total. The van der Waals surface area contributed by atoms with Crippen LogP contribution in [0.1, 0.15) is 24.3 Å². The second-order valence-corrected chi connectivity index (χ2v) is 8.12. The molecule has 0 saturated carbocycles. The van der Waals surface area contributed by atoms with Gasteiger partial charge in [-0.15, -0.1) is 11.3 Å². The molecule has 2 aromatic carbocycles. The molecule has 1 atom stereocenters. The van der Waals surface area contributed by atoms with Crippen LogP contribution < -0.4 is 10.5 Å². The van der Waals surface area contributed by atoms with Crippen molar-refractivity contribution in [3.05, 3.63) is 93.3 Å². The minimum Gasteiger partial charge on any atom is -0.488 e. The quantitative estimate of drug-likeness (QED) is 0.438. The molecule has 0 aliphatic heterocycles. The summed E-state index contributed by atoms with van der Waals surface area (Å²) in [5.41, 5.74) is 10.6. The standard InChI is InChI=1S/C24H24ClNO2S/c1-16(17(2)27)12-19(14-26)24-21(10-11-29-24)22-13-20(25)8-9-23(22)28-15-18-6-4-3-5-7-18/h3-14,17,27H,15,26H2,1-2H3/b16-12+,19-14+. The normalized spacial score (nSPS) is 13.4. The van der Waals surface area contributed by atoms with Crippen LogP contribution in [-0.2, 0) is 6.61 Å². The van der Waals surface area contributed by atoms with Gasteiger partial charge in [-0.05, 0) is 54.6 Å². The van der Waals surface area contributed by atoms with Crippen molar-refractivity contribution in [1.82, 2.24) is 0 Å². The van der Waals surface area contributed by atoms with E-state index in [0.717, 1.165) is 38.5 Å². The molecule has 3 aromatic rings. The average Bonchev–Trinajstić information content (AvgIpc) is 3.21. The summed E-state index contributed by atoms with van der Waals surface area (Å²) in [6.45, 7) is 4.09. The van der Waals surface area contributed by atoms with Gasteiger partial charge in [-0.25, -0.2) is 0 Å². The van der Waals surface area contributed by atoms with E-state index in [2.05, 4.69) is 0 Å². The van der Waals surface area contributed by atoms with Crippen LogP contribution >= 0.6 is 22.9 Å². The molecule has 150 valence electrons. The van der Waals surface area contributed by atoms with Gasteiger partial charge in [0.1, 0.15) is 12.4 Å². The molecule has 1 aromatic heterocycles. The Hall–Kier alpha value is -2.53. The first-order valence-corrected chi connectivity index (χ1v) is 10.6. The molecular formula is C24H24ClNO2S. The SMILES string of the molecule is C/C(=C\C(=C/N)c1sccc1-c1cc(Cl)ccc1OCc1ccccc1)C(C)O. The lowest BCUT2D eigenvalue weighted by atomic mass is 10.0. The summed E-state index contributed by atoms with van der Waals surface area (Å²) in [7, 11) is 0. The number of aliphatic hydroxyl groups excluding tert-OH is 1. The molecule has 3 nitrogen and oxygen atoms in total. The zero-order valence-electron chi connectivity index (χ0n) is 16.4. The summed E-state index contributed by atoms with van der Waals surface area (Å²) < 4.78 is 6.13. The lowest BCUT2D eigenvalue weighted by Gasteiger charge is -2.14. The molecule has 3 rings (SSSR count). The van der Waals surface area contributed by atoms with Crippen LogP contribution in [0.5, 0.6) is 5.75 Å². The molecule has 1 heterocycles. The predicted octanol–water partition coefficient (Wildman–Crippen LogP) is 6.27. The van der Waals surface area contributed by atoms with E-state index >= 15 is 0 Å². The van der Waals surface area contributed by atoms with Crippen molar-refractivity contribution in [2.24, 2.45) is 5.73 Å². The Morgan fingerprint density at radius 3 is 2.62 bits per heavy atom. The minimum atomic E-state index is -0.538. The smallest absolute Gasteiger partial charge is 0.127 e. The van der Waals surface area contributed by atoms with E-state index < -0.39 is 6.10 Å². The number of nitrogens with two attached hydrogens (primary N) is 1. The van der Waals surface area contributed by atoms with Crippen molar-refractivity contribution in [2.75, 3.05) is 0 Å². The van der Waals surface area contributed by atoms with Gasteiger partial charge in [0.15, 0.2) is 0 Å². The van der Waals surface area contributed by atoms with Gasteiger partial charge in [-0.3, -0.25) is 0 Å². The Labute approximate surface area is 180 Å². The van der Waals surface area contributed by atoms with Gasteiger partial charge in [0.25, 0.3) is 0 Å². The van der Waals surface area contributed by atoms with Gasteiger partial charge in [0.2, 0.25) is 0 Å². The molecule has 0 saturated heterocycles. The Kier molecular flexibility index (Phi) is 7.15. The molecule has 5 heteroatoms. The van der Waals surface area contributed by atoms with Crippen molar-refractivity contribution in [1.29, 1.82) is 0 Å². The second kappa shape index (κ2) is 9.79. The topological polar surface area (TPSA) is 55.5 Å². The summed E-state index contributed by atoms with van der Waals surface area (Å²) in [5.74, 6) is 0.755. The van der Waals surface area contributed by atoms with Crippen LogP contribution in [0.15, 0.2) is 77.8 Å². The minimum absolute atomic E-state index is 0.468. The number of halogens is 1. The highest BCUT2D eigenvalue weighted by atomic mass is 35.5. The largest absolute Gasteiger partial charge is 0.488 e. The third kappa shape index (κ3) is 5.30. The number of hydrogen-bond acceptors (Lipinski definition) is 4. The molecule has 0 radical (unpaired) electrons. The Balaban J connectivity index is 1.98. The number of allylic oxidation sites excluding steroid dienone is 2. The summed E-state index contributed by atoms with van der Waals surface area (Å²) in [6.07, 6.45) is 2.94. The van der Waals surface area contributed by atoms with E-state index in [1.165, 1.54) is 0 Å². The lowest BCUT2D eigenvalue weighted by Crippen LogP contribution is -2.01.